The smallest absolute Gasteiger partial charge is 0.410 e. The number of ether oxygens (including phenoxy) is 5. The fourth-order valence-corrected chi connectivity index (χ4v) is 12.8. The summed E-state index contributed by atoms with van der Waals surface area (Å²) >= 11 is 0. The summed E-state index contributed by atoms with van der Waals surface area (Å²) in [7, 11) is 3.45. The highest BCUT2D eigenvalue weighted by Crippen LogP contribution is 2.87. The highest BCUT2D eigenvalue weighted by molar-refractivity contribution is 7.59. The van der Waals surface area contributed by atoms with Gasteiger partial charge in [0.2, 0.25) is 0 Å². The number of carbonyl (C=O) groups excluding carboxylic acids is 2. The van der Waals surface area contributed by atoms with Crippen LogP contribution in [0.5, 0.6) is 0 Å². The lowest BCUT2D eigenvalue weighted by Crippen LogP contribution is -2.56. The van der Waals surface area contributed by atoms with Crippen molar-refractivity contribution in [3.63, 3.8) is 0 Å². The lowest BCUT2D eigenvalue weighted by Gasteiger charge is -2.60. The summed E-state index contributed by atoms with van der Waals surface area (Å²) in [5.74, 6) is 2.66. The quantitative estimate of drug-likeness (QED) is 0.267. The van der Waals surface area contributed by atoms with Crippen LogP contribution < -0.4 is 0 Å². The Morgan fingerprint density at radius 2 is 1.68 bits per heavy atom. The molecule has 2 saturated heterocycles. The van der Waals surface area contributed by atoms with E-state index in [-0.39, 0.29) is 49.4 Å². The van der Waals surface area contributed by atoms with Crippen molar-refractivity contribution in [1.82, 2.24) is 9.80 Å². The van der Waals surface area contributed by atoms with Gasteiger partial charge in [0.25, 0.3) is 0 Å². The maximum atomic E-state index is 12.8. The molecule has 7 unspecified atom stereocenters. The lowest BCUT2D eigenvalue weighted by atomic mass is 9.46. The van der Waals surface area contributed by atoms with Gasteiger partial charge in [-0.05, 0) is 143 Å². The zero-order chi connectivity index (χ0) is 35.3. The first kappa shape index (κ1) is 38.2. The van der Waals surface area contributed by atoms with Gasteiger partial charge in [-0.25, -0.2) is 9.59 Å². The molecular formula is C40H66N2O7S. The molecule has 0 aromatic heterocycles. The lowest BCUT2D eigenvalue weighted by molar-refractivity contribution is -0.243. The molecule has 10 heteroatoms. The predicted octanol–water partition coefficient (Wildman–Crippen LogP) is 7.93. The van der Waals surface area contributed by atoms with Crippen LogP contribution in [0.1, 0.15) is 113 Å². The number of nitrogens with zero attached hydrogens (tertiary/aromatic N) is 2. The largest absolute Gasteiger partial charge is 0.444 e. The predicted molar refractivity (Wildman–Crippen MR) is 197 cm³/mol. The molecule has 2 amide bonds. The topological polar surface area (TPSA) is 86.8 Å². The van der Waals surface area contributed by atoms with Crippen LogP contribution in [0.3, 0.4) is 0 Å². The van der Waals surface area contributed by atoms with Gasteiger partial charge in [-0.2, -0.15) is 13.5 Å². The minimum Gasteiger partial charge on any atom is -0.444 e. The summed E-state index contributed by atoms with van der Waals surface area (Å²) in [5.41, 5.74) is 1.55. The second-order valence-electron chi connectivity index (χ2n) is 19.2. The molecule has 7 fully saturated rings. The second kappa shape index (κ2) is 13.1. The minimum atomic E-state index is -0.525. The number of hydrogen-bond acceptors (Lipinski definition) is 7. The van der Waals surface area contributed by atoms with Gasteiger partial charge in [0.1, 0.15) is 5.60 Å². The summed E-state index contributed by atoms with van der Waals surface area (Å²) in [6.45, 7) is 20.8. The number of amides is 2. The van der Waals surface area contributed by atoms with Crippen LogP contribution in [0.25, 0.3) is 0 Å². The highest BCUT2D eigenvalue weighted by atomic mass is 32.1. The Balaban J connectivity index is 0.00000432. The summed E-state index contributed by atoms with van der Waals surface area (Å²) in [6.07, 6.45) is 10.8. The van der Waals surface area contributed by atoms with Crippen LogP contribution in [0.4, 0.5) is 9.59 Å². The number of fused-ring (bicyclic) bond motifs is 4. The average molecular weight is 719 g/mol. The van der Waals surface area contributed by atoms with Gasteiger partial charge in [-0.1, -0.05) is 27.4 Å². The second-order valence-corrected chi connectivity index (χ2v) is 19.2. The summed E-state index contributed by atoms with van der Waals surface area (Å²) in [4.78, 5) is 28.6. The summed E-state index contributed by atoms with van der Waals surface area (Å²) < 4.78 is 31.4. The minimum absolute atomic E-state index is 0. The molecule has 7 rings (SSSR count). The molecule has 12 atom stereocenters. The Bertz CT molecular complexity index is 1330. The van der Waals surface area contributed by atoms with Crippen molar-refractivity contribution in [2.24, 2.45) is 45.3 Å². The van der Waals surface area contributed by atoms with Crippen molar-refractivity contribution >= 4 is 25.7 Å². The Kier molecular flexibility index (Phi) is 10.0. The Hall–Kier alpha value is -1.49. The maximum absolute atomic E-state index is 12.8. The first-order valence-corrected chi connectivity index (χ1v) is 19.4. The van der Waals surface area contributed by atoms with Gasteiger partial charge in [-0.15, -0.1) is 0 Å². The third kappa shape index (κ3) is 6.12. The maximum Gasteiger partial charge on any atom is 0.410 e. The van der Waals surface area contributed by atoms with Crippen molar-refractivity contribution in [3.05, 3.63) is 12.2 Å². The third-order valence-corrected chi connectivity index (χ3v) is 15.0. The zero-order valence-electron chi connectivity index (χ0n) is 32.3. The van der Waals surface area contributed by atoms with Crippen LogP contribution >= 0.6 is 13.5 Å². The number of carbonyl (C=O) groups is 2. The molecule has 7 aliphatic rings. The Labute approximate surface area is 308 Å². The summed E-state index contributed by atoms with van der Waals surface area (Å²) in [5, 5.41) is 0. The molecule has 0 N–H and O–H groups in total. The van der Waals surface area contributed by atoms with E-state index >= 15 is 0 Å². The van der Waals surface area contributed by atoms with Crippen molar-refractivity contribution in [1.29, 1.82) is 0 Å². The van der Waals surface area contributed by atoms with Crippen LogP contribution in [0, 0.1) is 45.3 Å². The van der Waals surface area contributed by atoms with Gasteiger partial charge in [-0.3, -0.25) is 0 Å². The molecule has 5 saturated carbocycles. The molecule has 2 spiro atoms. The van der Waals surface area contributed by atoms with E-state index in [1.165, 1.54) is 43.4 Å². The normalized spacial score (nSPS) is 43.3. The molecule has 9 nitrogen and oxygen atoms in total. The number of hydrogen-bond donors (Lipinski definition) is 0. The van der Waals surface area contributed by atoms with E-state index in [4.69, 9.17) is 23.7 Å². The van der Waals surface area contributed by atoms with Gasteiger partial charge < -0.3 is 33.5 Å². The molecule has 0 bridgehead atoms. The van der Waals surface area contributed by atoms with Crippen molar-refractivity contribution in [3.8, 4) is 0 Å². The molecule has 50 heavy (non-hydrogen) atoms. The zero-order valence-corrected chi connectivity index (χ0v) is 33.3. The summed E-state index contributed by atoms with van der Waals surface area (Å²) in [6, 6.07) is 0. The Morgan fingerprint density at radius 1 is 0.960 bits per heavy atom. The van der Waals surface area contributed by atoms with E-state index in [2.05, 4.69) is 27.4 Å². The molecule has 0 aromatic rings. The van der Waals surface area contributed by atoms with Crippen LogP contribution in [0.2, 0.25) is 0 Å². The highest BCUT2D eigenvalue weighted by Gasteiger charge is 2.80. The van der Waals surface area contributed by atoms with Crippen LogP contribution in [-0.2, 0) is 23.7 Å². The van der Waals surface area contributed by atoms with Gasteiger partial charge in [0.05, 0.1) is 31.5 Å². The Morgan fingerprint density at radius 3 is 2.36 bits per heavy atom. The van der Waals surface area contributed by atoms with Gasteiger partial charge in [0, 0.05) is 20.6 Å². The fraction of sp³-hybridized carbons (Fsp3) is 0.900. The number of rotatable bonds is 5. The van der Waals surface area contributed by atoms with Crippen molar-refractivity contribution in [2.75, 3.05) is 33.8 Å². The van der Waals surface area contributed by atoms with Crippen LogP contribution in [0.15, 0.2) is 12.2 Å². The van der Waals surface area contributed by atoms with E-state index in [1.807, 2.05) is 27.7 Å². The molecule has 284 valence electrons. The molecule has 0 radical (unpaired) electrons. The monoisotopic (exact) mass is 718 g/mol. The van der Waals surface area contributed by atoms with E-state index < -0.39 is 18.0 Å². The molecule has 5 aliphatic carbocycles. The van der Waals surface area contributed by atoms with Crippen LogP contribution in [-0.4, -0.2) is 92.1 Å². The van der Waals surface area contributed by atoms with E-state index in [0.29, 0.717) is 53.7 Å². The fourth-order valence-electron chi connectivity index (χ4n) is 12.8. The van der Waals surface area contributed by atoms with Crippen molar-refractivity contribution < 1.29 is 33.3 Å². The molecular weight excluding hydrogens is 653 g/mol. The van der Waals surface area contributed by atoms with E-state index in [0.717, 1.165) is 37.2 Å². The third-order valence-electron chi connectivity index (χ3n) is 15.0. The van der Waals surface area contributed by atoms with Gasteiger partial charge in [0.15, 0.2) is 12.4 Å². The molecule has 2 heterocycles. The molecule has 0 aromatic carbocycles. The van der Waals surface area contributed by atoms with E-state index in [9.17, 15) is 9.59 Å². The van der Waals surface area contributed by atoms with E-state index in [1.54, 1.807) is 19.0 Å². The first-order valence-electron chi connectivity index (χ1n) is 19.4. The standard InChI is InChI=1S/C40H64N2O7.H2S/c1-24(2)33(48-34(43)41(9)10)28-13-11-26-29(46-28)21-27-25-12-14-30-37(6,7)31(15-16-40(30)23-39(25,40)18-17-38(26,27)8)47-32-22-42(19-20-45-32)35(44)49-36(3,4)5;/h25-33H,1,11-23H2,2-10H3;1H2/t25?,26?,27?,28?,29?,30?,31-,32?,33+,38+,39-,40+;/m0./s1. The SMILES string of the molecule is C=C(C)[C@@H](OC(=O)N(C)C)C1CCC2C(CC3C4CCC5C(C)(C)[C@@H](OC6CN(C(=O)OC(C)(C)C)CCO6)CC[C@@]56C[C@@]46CC[C@]23C)O1.S. The van der Waals surface area contributed by atoms with Gasteiger partial charge >= 0.3 is 12.2 Å². The molecule has 2 aliphatic heterocycles. The first-order chi connectivity index (χ1) is 22.9. The number of morpholine rings is 1. The average Bonchev–Trinajstić information content (AvgIpc) is 3.60. The van der Waals surface area contributed by atoms with Crippen molar-refractivity contribution in [2.45, 2.75) is 149 Å².